The molecule has 0 aliphatic heterocycles. The summed E-state index contributed by atoms with van der Waals surface area (Å²) in [7, 11) is 0. The maximum absolute atomic E-state index is 13.3. The Morgan fingerprint density at radius 2 is 1.42 bits per heavy atom. The van der Waals surface area contributed by atoms with E-state index >= 15 is 0 Å². The molecule has 8 nitrogen and oxygen atoms in total. The molecule has 0 amide bonds. The van der Waals surface area contributed by atoms with Gasteiger partial charge in [0.1, 0.15) is 19.0 Å². The van der Waals surface area contributed by atoms with E-state index in [1.807, 2.05) is 47.9 Å². The molecule has 0 atom stereocenters. The summed E-state index contributed by atoms with van der Waals surface area (Å²) in [6, 6.07) is 15.4. The zero-order chi connectivity index (χ0) is 27.5. The molecular weight excluding hydrogens is 482 g/mol. The van der Waals surface area contributed by atoms with Gasteiger partial charge in [-0.15, -0.1) is 0 Å². The van der Waals surface area contributed by atoms with Crippen LogP contribution in [0.4, 0.5) is 0 Å². The maximum Gasteiger partial charge on any atom is 0.344 e. The van der Waals surface area contributed by atoms with Crippen LogP contribution in [0.1, 0.15) is 43.7 Å². The van der Waals surface area contributed by atoms with Crippen LogP contribution in [-0.4, -0.2) is 85.4 Å². The van der Waals surface area contributed by atoms with E-state index in [-0.39, 0.29) is 12.6 Å². The van der Waals surface area contributed by atoms with Crippen LogP contribution in [0.3, 0.4) is 0 Å². The quantitative estimate of drug-likeness (QED) is 0.267. The van der Waals surface area contributed by atoms with Gasteiger partial charge in [-0.05, 0) is 63.4 Å². The molecule has 8 heteroatoms. The minimum Gasteiger partial charge on any atom is -0.482 e. The van der Waals surface area contributed by atoms with Gasteiger partial charge in [-0.25, -0.2) is 9.59 Å². The van der Waals surface area contributed by atoms with Gasteiger partial charge in [-0.1, -0.05) is 45.9 Å². The average Bonchev–Trinajstić information content (AvgIpc) is 3.23. The predicted molar refractivity (Wildman–Crippen MR) is 150 cm³/mol. The molecule has 38 heavy (non-hydrogen) atoms. The van der Waals surface area contributed by atoms with E-state index in [0.717, 1.165) is 43.1 Å². The molecule has 0 spiro atoms. The lowest BCUT2D eigenvalue weighted by Gasteiger charge is -2.17. The summed E-state index contributed by atoms with van der Waals surface area (Å²) < 4.78 is 18.8. The van der Waals surface area contributed by atoms with Crippen molar-refractivity contribution in [3.8, 4) is 11.4 Å². The number of para-hydroxylation sites is 1. The van der Waals surface area contributed by atoms with E-state index in [9.17, 15) is 9.59 Å². The Labute approximate surface area is 226 Å². The van der Waals surface area contributed by atoms with E-state index in [4.69, 9.17) is 14.2 Å². The molecule has 0 aliphatic carbocycles. The van der Waals surface area contributed by atoms with Crippen LogP contribution >= 0.6 is 0 Å². The molecule has 0 radical (unpaired) electrons. The second kappa shape index (κ2) is 14.5. The van der Waals surface area contributed by atoms with Crippen LogP contribution < -0.4 is 4.74 Å². The predicted octanol–water partition coefficient (Wildman–Crippen LogP) is 4.70. The first-order chi connectivity index (χ1) is 18.4. The van der Waals surface area contributed by atoms with Crippen molar-refractivity contribution in [2.24, 2.45) is 0 Å². The summed E-state index contributed by atoms with van der Waals surface area (Å²) in [6.07, 6.45) is 0. The molecule has 1 heterocycles. The van der Waals surface area contributed by atoms with Gasteiger partial charge in [0.15, 0.2) is 6.61 Å². The number of esters is 2. The standard InChI is InChI=1S/C30H41N3O5/c1-6-31(7-2)17-19-36-28(34)22-38-25-15-16-27-26(21-25)29(30(35)37-20-18-32(8-3)9-4)23(5)33(27)24-13-11-10-12-14-24/h10-16,21H,6-9,17-20,22H2,1-5H3. The van der Waals surface area contributed by atoms with Gasteiger partial charge in [0.25, 0.3) is 0 Å². The van der Waals surface area contributed by atoms with E-state index in [1.54, 1.807) is 12.1 Å². The molecule has 1 aromatic heterocycles. The summed E-state index contributed by atoms with van der Waals surface area (Å²) in [4.78, 5) is 29.9. The summed E-state index contributed by atoms with van der Waals surface area (Å²) >= 11 is 0. The number of carbonyl (C=O) groups excluding carboxylic acids is 2. The topological polar surface area (TPSA) is 73.2 Å². The number of fused-ring (bicyclic) bond motifs is 1. The maximum atomic E-state index is 13.3. The van der Waals surface area contributed by atoms with Crippen LogP contribution in [0.5, 0.6) is 5.75 Å². The number of likely N-dealkylation sites (N-methyl/N-ethyl adjacent to an activating group) is 2. The lowest BCUT2D eigenvalue weighted by molar-refractivity contribution is -0.146. The van der Waals surface area contributed by atoms with Crippen LogP contribution in [0, 0.1) is 6.92 Å². The van der Waals surface area contributed by atoms with E-state index in [0.29, 0.717) is 43.0 Å². The number of aromatic nitrogens is 1. The highest BCUT2D eigenvalue weighted by atomic mass is 16.6. The third-order valence-electron chi connectivity index (χ3n) is 6.85. The first-order valence-electron chi connectivity index (χ1n) is 13.5. The Hall–Kier alpha value is -3.36. The number of hydrogen-bond donors (Lipinski definition) is 0. The zero-order valence-corrected chi connectivity index (χ0v) is 23.4. The van der Waals surface area contributed by atoms with Crippen molar-refractivity contribution in [3.63, 3.8) is 0 Å². The van der Waals surface area contributed by atoms with Crippen LogP contribution in [-0.2, 0) is 14.3 Å². The summed E-state index contributed by atoms with van der Waals surface area (Å²) in [5.41, 5.74) is 3.09. The van der Waals surface area contributed by atoms with Gasteiger partial charge in [0.2, 0.25) is 0 Å². The molecule has 0 fully saturated rings. The highest BCUT2D eigenvalue weighted by Gasteiger charge is 2.23. The van der Waals surface area contributed by atoms with Gasteiger partial charge in [-0.3, -0.25) is 0 Å². The highest BCUT2D eigenvalue weighted by molar-refractivity contribution is 6.07. The van der Waals surface area contributed by atoms with Crippen molar-refractivity contribution in [1.82, 2.24) is 14.4 Å². The molecule has 0 saturated heterocycles. The fraction of sp³-hybridized carbons (Fsp3) is 0.467. The molecule has 0 unspecified atom stereocenters. The average molecular weight is 524 g/mol. The van der Waals surface area contributed by atoms with Crippen molar-refractivity contribution in [2.45, 2.75) is 34.6 Å². The Bertz CT molecular complexity index is 1180. The molecular formula is C30H41N3O5. The molecule has 0 bridgehead atoms. The van der Waals surface area contributed by atoms with Gasteiger partial charge in [-0.2, -0.15) is 0 Å². The smallest absolute Gasteiger partial charge is 0.344 e. The molecule has 2 aromatic carbocycles. The number of nitrogens with zero attached hydrogens (tertiary/aromatic N) is 3. The monoisotopic (exact) mass is 523 g/mol. The molecule has 0 saturated carbocycles. The van der Waals surface area contributed by atoms with Crippen LogP contribution in [0.15, 0.2) is 48.5 Å². The fourth-order valence-corrected chi connectivity index (χ4v) is 4.55. The van der Waals surface area contributed by atoms with Crippen molar-refractivity contribution >= 4 is 22.8 Å². The van der Waals surface area contributed by atoms with Gasteiger partial charge < -0.3 is 28.6 Å². The second-order valence-corrected chi connectivity index (χ2v) is 9.01. The fourth-order valence-electron chi connectivity index (χ4n) is 4.55. The first-order valence-corrected chi connectivity index (χ1v) is 13.5. The van der Waals surface area contributed by atoms with E-state index < -0.39 is 5.97 Å². The van der Waals surface area contributed by atoms with Crippen molar-refractivity contribution in [3.05, 3.63) is 59.8 Å². The second-order valence-electron chi connectivity index (χ2n) is 9.01. The molecule has 0 aliphatic rings. The van der Waals surface area contributed by atoms with Gasteiger partial charge in [0, 0.05) is 29.9 Å². The summed E-state index contributed by atoms with van der Waals surface area (Å²) in [5, 5.41) is 0.714. The van der Waals surface area contributed by atoms with E-state index in [1.165, 1.54) is 0 Å². The van der Waals surface area contributed by atoms with Crippen LogP contribution in [0.25, 0.3) is 16.6 Å². The molecule has 3 aromatic rings. The number of ether oxygens (including phenoxy) is 3. The van der Waals surface area contributed by atoms with Crippen molar-refractivity contribution in [2.75, 3.05) is 59.1 Å². The number of carbonyl (C=O) groups is 2. The Balaban J connectivity index is 1.81. The van der Waals surface area contributed by atoms with Gasteiger partial charge >= 0.3 is 11.9 Å². The van der Waals surface area contributed by atoms with Gasteiger partial charge in [0.05, 0.1) is 11.1 Å². The largest absolute Gasteiger partial charge is 0.482 e. The Morgan fingerprint density at radius 1 is 0.816 bits per heavy atom. The van der Waals surface area contributed by atoms with Crippen molar-refractivity contribution in [1.29, 1.82) is 0 Å². The molecule has 206 valence electrons. The summed E-state index contributed by atoms with van der Waals surface area (Å²) in [5.74, 6) is -0.311. The number of rotatable bonds is 15. The lowest BCUT2D eigenvalue weighted by atomic mass is 10.1. The van der Waals surface area contributed by atoms with E-state index in [2.05, 4.69) is 37.5 Å². The first kappa shape index (κ1) is 29.2. The third-order valence-corrected chi connectivity index (χ3v) is 6.85. The van der Waals surface area contributed by atoms with Crippen molar-refractivity contribution < 1.29 is 23.8 Å². The zero-order valence-electron chi connectivity index (χ0n) is 23.4. The minimum absolute atomic E-state index is 0.203. The lowest BCUT2D eigenvalue weighted by Crippen LogP contribution is -2.28. The highest BCUT2D eigenvalue weighted by Crippen LogP contribution is 2.32. The number of hydrogen-bond acceptors (Lipinski definition) is 7. The Kier molecular flexibility index (Phi) is 11.2. The number of benzene rings is 2. The minimum atomic E-state index is -0.425. The van der Waals surface area contributed by atoms with Crippen LogP contribution in [0.2, 0.25) is 0 Å². The third kappa shape index (κ3) is 7.36. The molecule has 3 rings (SSSR count). The SMILES string of the molecule is CCN(CC)CCOC(=O)COc1ccc2c(c1)c(C(=O)OCCN(CC)CC)c(C)n2-c1ccccc1. The molecule has 0 N–H and O–H groups in total. The normalized spacial score (nSPS) is 11.3. The summed E-state index contributed by atoms with van der Waals surface area (Å²) in [6.45, 7) is 15.7. The Morgan fingerprint density at radius 3 is 2.03 bits per heavy atom.